The van der Waals surface area contributed by atoms with E-state index in [0.717, 1.165) is 5.56 Å². The number of hydrogen-bond donors (Lipinski definition) is 0. The van der Waals surface area contributed by atoms with Gasteiger partial charge in [0.15, 0.2) is 33.1 Å². The van der Waals surface area contributed by atoms with Gasteiger partial charge in [-0.1, -0.05) is 12.1 Å². The molecule has 0 amide bonds. The Labute approximate surface area is 219 Å². The van der Waals surface area contributed by atoms with Gasteiger partial charge in [0.2, 0.25) is 5.88 Å². The van der Waals surface area contributed by atoms with Gasteiger partial charge in [0.05, 0.1) is 19.5 Å². The molecular formula is C25H27FN6O5S. The normalized spacial score (nSPS) is 13.2. The van der Waals surface area contributed by atoms with Crippen molar-refractivity contribution in [2.75, 3.05) is 21.3 Å². The van der Waals surface area contributed by atoms with Crippen LogP contribution in [-0.2, 0) is 20.3 Å². The summed E-state index contributed by atoms with van der Waals surface area (Å²) in [5.74, 6) is -0.510. The van der Waals surface area contributed by atoms with Crippen LogP contribution in [0.2, 0.25) is 0 Å². The predicted molar refractivity (Wildman–Crippen MR) is 136 cm³/mol. The molecule has 0 saturated carbocycles. The fraction of sp³-hybridized carbons (Fsp3) is 0.320. The van der Waals surface area contributed by atoms with Gasteiger partial charge in [-0.3, -0.25) is 4.57 Å². The first-order chi connectivity index (χ1) is 18.2. The highest BCUT2D eigenvalue weighted by Crippen LogP contribution is 2.33. The minimum Gasteiger partial charge on any atom is -0.494 e. The lowest BCUT2D eigenvalue weighted by atomic mass is 10.2. The van der Waals surface area contributed by atoms with E-state index >= 15 is 4.39 Å². The van der Waals surface area contributed by atoms with Crippen LogP contribution in [0.25, 0.3) is 17.2 Å². The number of halogens is 1. The Bertz CT molecular complexity index is 1530. The zero-order valence-corrected chi connectivity index (χ0v) is 22.3. The fourth-order valence-corrected chi connectivity index (χ4v) is 5.32. The first kappa shape index (κ1) is 27.1. The number of aryl methyl sites for hydroxylation is 1. The number of methoxy groups -OCH3 is 3. The van der Waals surface area contributed by atoms with E-state index in [4.69, 9.17) is 14.2 Å². The number of para-hydroxylation sites is 1. The molecule has 0 radical (unpaired) electrons. The molecule has 0 spiro atoms. The highest BCUT2D eigenvalue weighted by atomic mass is 32.2. The van der Waals surface area contributed by atoms with E-state index in [1.54, 1.807) is 36.7 Å². The highest BCUT2D eigenvalue weighted by Gasteiger charge is 2.35. The summed E-state index contributed by atoms with van der Waals surface area (Å²) in [4.78, 5) is 12.8. The lowest BCUT2D eigenvalue weighted by Gasteiger charge is -2.22. The zero-order valence-electron chi connectivity index (χ0n) is 21.5. The summed E-state index contributed by atoms with van der Waals surface area (Å²) in [6.07, 6.45) is 2.23. The molecule has 11 nitrogen and oxygen atoms in total. The Morgan fingerprint density at radius 3 is 2.37 bits per heavy atom. The summed E-state index contributed by atoms with van der Waals surface area (Å²) >= 11 is 0. The monoisotopic (exact) mass is 542 g/mol. The molecule has 0 unspecified atom stereocenters. The quantitative estimate of drug-likeness (QED) is 0.294. The number of benzene rings is 1. The van der Waals surface area contributed by atoms with Crippen molar-refractivity contribution in [3.8, 4) is 28.8 Å². The molecule has 4 aromatic rings. The van der Waals surface area contributed by atoms with Gasteiger partial charge in [0, 0.05) is 25.6 Å². The first-order valence-corrected chi connectivity index (χ1v) is 13.2. The number of sulfone groups is 1. The Balaban J connectivity index is 1.83. The second-order valence-corrected chi connectivity index (χ2v) is 10.8. The molecule has 1 aromatic carbocycles. The van der Waals surface area contributed by atoms with Gasteiger partial charge in [0.25, 0.3) is 0 Å². The molecular weight excluding hydrogens is 515 g/mol. The average Bonchev–Trinajstić information content (AvgIpc) is 3.32. The summed E-state index contributed by atoms with van der Waals surface area (Å²) in [6, 6.07) is 9.22. The van der Waals surface area contributed by atoms with Crippen molar-refractivity contribution in [2.24, 2.45) is 0 Å². The van der Waals surface area contributed by atoms with Gasteiger partial charge in [-0.2, -0.15) is 0 Å². The standard InChI is InChI=1S/C25H27FN6O5S/c1-15-12-27-24(28-13-15)23(37-5)16(2)38(33,34)14-20-30-31-25(18-9-7-11-21(29-18)36-4)32(20)22-17(26)8-6-10-19(22)35-3/h6-13,16,23H,14H2,1-5H3/t16-,23-/m0/s1. The lowest BCUT2D eigenvalue weighted by Crippen LogP contribution is -2.30. The molecule has 3 aromatic heterocycles. The van der Waals surface area contributed by atoms with E-state index < -0.39 is 32.8 Å². The second-order valence-electron chi connectivity index (χ2n) is 8.42. The van der Waals surface area contributed by atoms with E-state index in [9.17, 15) is 8.42 Å². The van der Waals surface area contributed by atoms with Gasteiger partial charge in [-0.15, -0.1) is 10.2 Å². The Hall–Kier alpha value is -3.97. The number of nitrogens with zero attached hydrogens (tertiary/aromatic N) is 6. The maximum atomic E-state index is 15.3. The molecule has 0 N–H and O–H groups in total. The van der Waals surface area contributed by atoms with Crippen LogP contribution in [0.15, 0.2) is 48.8 Å². The SMILES string of the molecule is COc1cccc(-c2nnc(CS(=O)(=O)[C@@H](C)[C@H](OC)c3ncc(C)cn3)n2-c2c(F)cccc2OC)n1. The Kier molecular flexibility index (Phi) is 7.97. The number of ether oxygens (including phenoxy) is 3. The van der Waals surface area contributed by atoms with Crippen molar-refractivity contribution in [2.45, 2.75) is 31.0 Å². The molecule has 2 atom stereocenters. The third-order valence-corrected chi connectivity index (χ3v) is 7.96. The first-order valence-electron chi connectivity index (χ1n) is 11.5. The molecule has 200 valence electrons. The van der Waals surface area contributed by atoms with Gasteiger partial charge < -0.3 is 14.2 Å². The van der Waals surface area contributed by atoms with Crippen molar-refractivity contribution in [1.29, 1.82) is 0 Å². The van der Waals surface area contributed by atoms with Crippen molar-refractivity contribution >= 4 is 9.84 Å². The van der Waals surface area contributed by atoms with E-state index in [2.05, 4.69) is 25.1 Å². The number of aromatic nitrogens is 6. The molecule has 0 bridgehead atoms. The maximum Gasteiger partial charge on any atom is 0.213 e. The zero-order chi connectivity index (χ0) is 27.4. The molecule has 38 heavy (non-hydrogen) atoms. The molecule has 0 aliphatic rings. The lowest BCUT2D eigenvalue weighted by molar-refractivity contribution is 0.0947. The van der Waals surface area contributed by atoms with Crippen LogP contribution >= 0.6 is 0 Å². The second kappa shape index (κ2) is 11.2. The van der Waals surface area contributed by atoms with Gasteiger partial charge >= 0.3 is 0 Å². The molecule has 0 aliphatic heterocycles. The molecule has 4 rings (SSSR count). The Morgan fingerprint density at radius 1 is 1.00 bits per heavy atom. The third kappa shape index (κ3) is 5.34. The number of rotatable bonds is 10. The van der Waals surface area contributed by atoms with Crippen molar-refractivity contribution in [3.05, 3.63) is 71.8 Å². The average molecular weight is 543 g/mol. The highest BCUT2D eigenvalue weighted by molar-refractivity contribution is 7.91. The predicted octanol–water partition coefficient (Wildman–Crippen LogP) is 3.28. The largest absolute Gasteiger partial charge is 0.494 e. The van der Waals surface area contributed by atoms with E-state index in [0.29, 0.717) is 11.6 Å². The maximum absolute atomic E-state index is 15.3. The number of hydrogen-bond acceptors (Lipinski definition) is 10. The van der Waals surface area contributed by atoms with Crippen LogP contribution in [0.4, 0.5) is 4.39 Å². The minimum absolute atomic E-state index is 0.0421. The molecule has 0 aliphatic carbocycles. The van der Waals surface area contributed by atoms with Crippen molar-refractivity contribution in [3.63, 3.8) is 0 Å². The van der Waals surface area contributed by atoms with Crippen LogP contribution in [0, 0.1) is 12.7 Å². The van der Waals surface area contributed by atoms with Gasteiger partial charge in [0.1, 0.15) is 29.0 Å². The molecule has 3 heterocycles. The topological polar surface area (TPSA) is 131 Å². The smallest absolute Gasteiger partial charge is 0.213 e. The van der Waals surface area contributed by atoms with E-state index in [-0.39, 0.29) is 28.9 Å². The summed E-state index contributed by atoms with van der Waals surface area (Å²) in [5, 5.41) is 7.25. The van der Waals surface area contributed by atoms with Crippen molar-refractivity contribution < 1.29 is 27.0 Å². The van der Waals surface area contributed by atoms with Crippen LogP contribution < -0.4 is 9.47 Å². The minimum atomic E-state index is -3.96. The summed E-state index contributed by atoms with van der Waals surface area (Å²) < 4.78 is 59.9. The van der Waals surface area contributed by atoms with Crippen LogP contribution in [0.1, 0.15) is 30.2 Å². The Morgan fingerprint density at radius 2 is 1.71 bits per heavy atom. The van der Waals surface area contributed by atoms with Gasteiger partial charge in [-0.05, 0) is 37.6 Å². The number of pyridine rings is 1. The van der Waals surface area contributed by atoms with Gasteiger partial charge in [-0.25, -0.2) is 27.8 Å². The van der Waals surface area contributed by atoms with Crippen molar-refractivity contribution in [1.82, 2.24) is 29.7 Å². The third-order valence-electron chi connectivity index (χ3n) is 5.92. The molecule has 0 saturated heterocycles. The van der Waals surface area contributed by atoms with Crippen LogP contribution in [-0.4, -0.2) is 64.7 Å². The summed E-state index contributed by atoms with van der Waals surface area (Å²) in [6.45, 7) is 3.33. The molecule has 0 fully saturated rings. The fourth-order valence-electron chi connectivity index (χ4n) is 3.90. The summed E-state index contributed by atoms with van der Waals surface area (Å²) in [5.41, 5.74) is 1.06. The van der Waals surface area contributed by atoms with Crippen LogP contribution in [0.5, 0.6) is 11.6 Å². The summed E-state index contributed by atoms with van der Waals surface area (Å²) in [7, 11) is 0.267. The van der Waals surface area contributed by atoms with E-state index in [1.165, 1.54) is 45.0 Å². The van der Waals surface area contributed by atoms with E-state index in [1.807, 2.05) is 6.92 Å². The molecule has 13 heteroatoms. The van der Waals surface area contributed by atoms with Crippen LogP contribution in [0.3, 0.4) is 0 Å².